The summed E-state index contributed by atoms with van der Waals surface area (Å²) in [6.07, 6.45) is 0. The summed E-state index contributed by atoms with van der Waals surface area (Å²) in [4.78, 5) is 22.5. The molecule has 1 aromatic heterocycles. The molecule has 0 unspecified atom stereocenters. The van der Waals surface area contributed by atoms with Crippen molar-refractivity contribution in [3.05, 3.63) is 42.5 Å². The lowest BCUT2D eigenvalue weighted by Crippen LogP contribution is -2.11. The molecule has 1 heterocycles. The van der Waals surface area contributed by atoms with Crippen molar-refractivity contribution in [1.29, 1.82) is 0 Å². The van der Waals surface area contributed by atoms with Crippen LogP contribution in [-0.4, -0.2) is 25.1 Å². The number of nitrogens with zero attached hydrogens (tertiary/aromatic N) is 1. The molecule has 122 valence electrons. The molecule has 0 atom stereocenters. The largest absolute Gasteiger partial charge is 0.495 e. The maximum Gasteiger partial charge on any atom is 0.299 e. The number of ether oxygens (including phenoxy) is 2. The molecule has 0 spiro atoms. The van der Waals surface area contributed by atoms with E-state index < -0.39 is 10.8 Å². The van der Waals surface area contributed by atoms with Gasteiger partial charge in [-0.2, -0.15) is 0 Å². The Balaban J connectivity index is 2.33. The summed E-state index contributed by atoms with van der Waals surface area (Å²) in [6.45, 7) is 0. The van der Waals surface area contributed by atoms with Gasteiger partial charge >= 0.3 is 0 Å². The van der Waals surface area contributed by atoms with Crippen molar-refractivity contribution in [3.8, 4) is 11.5 Å². The molecule has 0 aliphatic heterocycles. The number of methoxy groups -OCH3 is 2. The van der Waals surface area contributed by atoms with E-state index in [2.05, 4.69) is 5.32 Å². The van der Waals surface area contributed by atoms with Gasteiger partial charge in [-0.1, -0.05) is 23.2 Å². The van der Waals surface area contributed by atoms with Crippen LogP contribution in [0.5, 0.6) is 11.5 Å². The first-order chi connectivity index (χ1) is 10.9. The molecule has 10 heteroatoms. The summed E-state index contributed by atoms with van der Waals surface area (Å²) >= 11 is 12.5. The minimum Gasteiger partial charge on any atom is -0.495 e. The Morgan fingerprint density at radius 1 is 1.22 bits per heavy atom. The lowest BCUT2D eigenvalue weighted by atomic mass is 10.2. The normalized spacial score (nSPS) is 10.3. The van der Waals surface area contributed by atoms with E-state index >= 15 is 0 Å². The van der Waals surface area contributed by atoms with E-state index in [4.69, 9.17) is 32.7 Å². The molecule has 0 aliphatic carbocycles. The zero-order valence-electron chi connectivity index (χ0n) is 11.9. The Hall–Kier alpha value is -2.03. The highest BCUT2D eigenvalue weighted by molar-refractivity contribution is 7.18. The minimum atomic E-state index is -0.651. The standard InChI is InChI=1S/C13H10Cl2N2O5S/c1-21-9-4-7(10(22-2)3-6(9)14)16-13(18)11-5-8(17(19)20)12(15)23-11/h3-5H,1-2H3,(H,16,18). The number of hydrogen-bond acceptors (Lipinski definition) is 6. The van der Waals surface area contributed by atoms with E-state index in [1.54, 1.807) is 0 Å². The highest BCUT2D eigenvalue weighted by Gasteiger charge is 2.22. The Labute approximate surface area is 144 Å². The number of nitrogens with one attached hydrogen (secondary N) is 1. The second-order valence-electron chi connectivity index (χ2n) is 4.17. The van der Waals surface area contributed by atoms with Crippen molar-refractivity contribution in [2.24, 2.45) is 0 Å². The SMILES string of the molecule is COc1cc(NC(=O)c2cc([N+](=O)[O-])c(Cl)s2)c(OC)cc1Cl. The van der Waals surface area contributed by atoms with Crippen LogP contribution in [0.2, 0.25) is 9.36 Å². The van der Waals surface area contributed by atoms with Gasteiger partial charge in [0.2, 0.25) is 0 Å². The number of carbonyl (C=O) groups is 1. The van der Waals surface area contributed by atoms with Crippen molar-refractivity contribution in [1.82, 2.24) is 0 Å². The van der Waals surface area contributed by atoms with E-state index in [1.807, 2.05) is 0 Å². The number of carbonyl (C=O) groups excluding carboxylic acids is 1. The van der Waals surface area contributed by atoms with Crippen LogP contribution in [0.1, 0.15) is 9.67 Å². The number of rotatable bonds is 5. The number of thiophene rings is 1. The summed E-state index contributed by atoms with van der Waals surface area (Å²) in [5.74, 6) is 0.104. The lowest BCUT2D eigenvalue weighted by Gasteiger charge is -2.12. The molecule has 0 saturated carbocycles. The lowest BCUT2D eigenvalue weighted by molar-refractivity contribution is -0.384. The topological polar surface area (TPSA) is 90.7 Å². The molecule has 0 aliphatic rings. The van der Waals surface area contributed by atoms with Crippen LogP contribution in [0.4, 0.5) is 11.4 Å². The van der Waals surface area contributed by atoms with Crippen molar-refractivity contribution in [2.75, 3.05) is 19.5 Å². The van der Waals surface area contributed by atoms with Gasteiger partial charge in [-0.05, 0) is 0 Å². The van der Waals surface area contributed by atoms with Gasteiger partial charge < -0.3 is 14.8 Å². The quantitative estimate of drug-likeness (QED) is 0.622. The van der Waals surface area contributed by atoms with Gasteiger partial charge in [0.25, 0.3) is 11.6 Å². The van der Waals surface area contributed by atoms with Gasteiger partial charge in [0.1, 0.15) is 16.4 Å². The van der Waals surface area contributed by atoms with Gasteiger partial charge in [0, 0.05) is 18.2 Å². The Morgan fingerprint density at radius 3 is 2.39 bits per heavy atom. The number of nitro groups is 1. The Morgan fingerprint density at radius 2 is 1.87 bits per heavy atom. The second-order valence-corrected chi connectivity index (χ2v) is 6.23. The van der Waals surface area contributed by atoms with E-state index in [1.165, 1.54) is 26.4 Å². The maximum absolute atomic E-state index is 12.2. The average Bonchev–Trinajstić information content (AvgIpc) is 2.90. The molecule has 7 nitrogen and oxygen atoms in total. The first-order valence-corrected chi connectivity index (χ1v) is 7.61. The van der Waals surface area contributed by atoms with E-state index in [-0.39, 0.29) is 14.9 Å². The van der Waals surface area contributed by atoms with Gasteiger partial charge in [-0.15, -0.1) is 11.3 Å². The third kappa shape index (κ3) is 3.66. The van der Waals surface area contributed by atoms with Gasteiger partial charge in [-0.25, -0.2) is 0 Å². The molecule has 0 saturated heterocycles. The summed E-state index contributed by atoms with van der Waals surface area (Å²) in [5.41, 5.74) is -0.00612. The zero-order valence-corrected chi connectivity index (χ0v) is 14.2. The van der Waals surface area contributed by atoms with E-state index in [9.17, 15) is 14.9 Å². The van der Waals surface area contributed by atoms with Crippen LogP contribution in [0.3, 0.4) is 0 Å². The van der Waals surface area contributed by atoms with Crippen molar-refractivity contribution in [2.45, 2.75) is 0 Å². The van der Waals surface area contributed by atoms with Crippen LogP contribution < -0.4 is 14.8 Å². The van der Waals surface area contributed by atoms with Gasteiger partial charge in [-0.3, -0.25) is 14.9 Å². The first-order valence-electron chi connectivity index (χ1n) is 6.04. The minimum absolute atomic E-state index is 0.0687. The molecule has 2 aromatic rings. The van der Waals surface area contributed by atoms with Crippen LogP contribution in [0, 0.1) is 10.1 Å². The molecular formula is C13H10Cl2N2O5S. The van der Waals surface area contributed by atoms with E-state index in [0.717, 1.165) is 17.4 Å². The van der Waals surface area contributed by atoms with Gasteiger partial charge in [0.05, 0.1) is 29.9 Å². The van der Waals surface area contributed by atoms with Crippen molar-refractivity contribution >= 4 is 51.8 Å². The molecule has 1 N–H and O–H groups in total. The fourth-order valence-electron chi connectivity index (χ4n) is 1.74. The highest BCUT2D eigenvalue weighted by Crippen LogP contribution is 2.37. The molecule has 2 rings (SSSR count). The van der Waals surface area contributed by atoms with Crippen LogP contribution in [0.15, 0.2) is 18.2 Å². The summed E-state index contributed by atoms with van der Waals surface area (Å²) < 4.78 is 10.2. The first kappa shape index (κ1) is 17.3. The van der Waals surface area contributed by atoms with Crippen LogP contribution in [-0.2, 0) is 0 Å². The monoisotopic (exact) mass is 376 g/mol. The highest BCUT2D eigenvalue weighted by atomic mass is 35.5. The van der Waals surface area contributed by atoms with Crippen LogP contribution in [0.25, 0.3) is 0 Å². The number of anilines is 1. The third-order valence-electron chi connectivity index (χ3n) is 2.81. The number of halogens is 2. The third-order valence-corrected chi connectivity index (χ3v) is 4.44. The fourth-order valence-corrected chi connectivity index (χ4v) is 3.09. The predicted molar refractivity (Wildman–Crippen MR) is 88.5 cm³/mol. The Bertz CT molecular complexity index is 778. The maximum atomic E-state index is 12.2. The molecule has 0 radical (unpaired) electrons. The van der Waals surface area contributed by atoms with E-state index in [0.29, 0.717) is 22.2 Å². The summed E-state index contributed by atoms with van der Waals surface area (Å²) in [7, 11) is 2.85. The van der Waals surface area contributed by atoms with Crippen LogP contribution >= 0.6 is 34.5 Å². The molecule has 0 fully saturated rings. The number of hydrogen-bond donors (Lipinski definition) is 1. The number of benzene rings is 1. The van der Waals surface area contributed by atoms with Crippen molar-refractivity contribution in [3.63, 3.8) is 0 Å². The predicted octanol–water partition coefficient (Wildman–Crippen LogP) is 4.23. The molecule has 23 heavy (non-hydrogen) atoms. The summed E-state index contributed by atoms with van der Waals surface area (Å²) in [5, 5.41) is 13.7. The zero-order chi connectivity index (χ0) is 17.1. The average molecular weight is 377 g/mol. The summed E-state index contributed by atoms with van der Waals surface area (Å²) in [6, 6.07) is 4.09. The Kier molecular flexibility index (Phi) is 5.30. The molecule has 1 aromatic carbocycles. The second kappa shape index (κ2) is 7.03. The smallest absolute Gasteiger partial charge is 0.299 e. The molecule has 0 bridgehead atoms. The molecule has 1 amide bonds. The van der Waals surface area contributed by atoms with Crippen molar-refractivity contribution < 1.29 is 19.2 Å². The van der Waals surface area contributed by atoms with Gasteiger partial charge in [0.15, 0.2) is 4.34 Å². The molecular weight excluding hydrogens is 367 g/mol. The number of amides is 1. The fraction of sp³-hybridized carbons (Fsp3) is 0.154.